The van der Waals surface area contributed by atoms with Gasteiger partial charge < -0.3 is 0 Å². The zero-order chi connectivity index (χ0) is 4.12. The molecular weight excluding hydrogens is 176 g/mol. The van der Waals surface area contributed by atoms with E-state index in [9.17, 15) is 0 Å². The van der Waals surface area contributed by atoms with E-state index in [1.54, 1.807) is 0 Å². The summed E-state index contributed by atoms with van der Waals surface area (Å²) in [6, 6.07) is 0. The Morgan fingerprint density at radius 2 is 2.20 bits per heavy atom. The Morgan fingerprint density at radius 1 is 1.60 bits per heavy atom. The molecule has 0 spiro atoms. The first-order valence-electron chi connectivity index (χ1n) is 1.55. The molecule has 0 aromatic heterocycles. The minimum atomic E-state index is 0.293. The quantitative estimate of drug-likeness (QED) is 0.538. The summed E-state index contributed by atoms with van der Waals surface area (Å²) < 4.78 is 2.26. The van der Waals surface area contributed by atoms with Gasteiger partial charge in [-0.25, -0.2) is 0 Å². The summed E-state index contributed by atoms with van der Waals surface area (Å²) >= 11 is 0.293. The van der Waals surface area contributed by atoms with Gasteiger partial charge in [-0.1, -0.05) is 0 Å². The molecule has 0 heterocycles. The fourth-order valence-electron chi connectivity index (χ4n) is 0.136. The maximum atomic E-state index is 2.26. The normalized spacial score (nSPS) is 10.0. The van der Waals surface area contributed by atoms with Gasteiger partial charge in [0.25, 0.3) is 0 Å². The van der Waals surface area contributed by atoms with Gasteiger partial charge in [-0.2, -0.15) is 0 Å². The summed E-state index contributed by atoms with van der Waals surface area (Å²) in [5, 5.41) is 0. The Kier molecular flexibility index (Phi) is 5.01. The Bertz CT molecular complexity index is 30.6. The second-order valence-electron chi connectivity index (χ2n) is 0.705. The molecule has 0 aliphatic heterocycles. The molecule has 0 fully saturated rings. The van der Waals surface area contributed by atoms with E-state index in [1.165, 1.54) is 0 Å². The molecule has 1 heteroatoms. The van der Waals surface area contributed by atoms with Crippen LogP contribution in [0.5, 0.6) is 0 Å². The van der Waals surface area contributed by atoms with E-state index in [-0.39, 0.29) is 0 Å². The zero-order valence-electron chi connectivity index (χ0n) is 3.56. The molecule has 0 rings (SSSR count). The summed E-state index contributed by atoms with van der Waals surface area (Å²) in [4.78, 5) is 2.26. The molecule has 30 valence electrons. The van der Waals surface area contributed by atoms with Gasteiger partial charge in [-0.15, -0.1) is 0 Å². The van der Waals surface area contributed by atoms with Crippen molar-refractivity contribution < 1.29 is 0 Å². The molecule has 0 aromatic rings. The minimum absolute atomic E-state index is 0.293. The predicted octanol–water partition coefficient (Wildman–Crippen LogP) is 1.27. The van der Waals surface area contributed by atoms with E-state index in [1.807, 2.05) is 0 Å². The van der Waals surface area contributed by atoms with Crippen molar-refractivity contribution in [3.63, 3.8) is 0 Å². The fourth-order valence-corrected chi connectivity index (χ4v) is 0.913. The van der Waals surface area contributed by atoms with Gasteiger partial charge in [-0.3, -0.25) is 0 Å². The Balaban J connectivity index is 2.62. The molecule has 0 aromatic carbocycles. The summed E-state index contributed by atoms with van der Waals surface area (Å²) in [7, 11) is 0. The Hall–Kier alpha value is 0.530. The molecular formula is C4H8Te. The van der Waals surface area contributed by atoms with E-state index in [4.69, 9.17) is 0 Å². The first-order valence-corrected chi connectivity index (χ1v) is 5.23. The van der Waals surface area contributed by atoms with Crippen molar-refractivity contribution in [1.29, 1.82) is 0 Å². The molecule has 0 N–H and O–H groups in total. The average molecular weight is 184 g/mol. The molecule has 5 heavy (non-hydrogen) atoms. The SMILES string of the molecule is CC=C[Te]C. The standard InChI is InChI=1S/C4H8Te/c1-3-4-5-2/h3-4H,1-2H3. The maximum absolute atomic E-state index is 2.26. The van der Waals surface area contributed by atoms with Crippen LogP contribution in [0.15, 0.2) is 10.2 Å². The number of hydrogen-bond acceptors (Lipinski definition) is 0. The molecule has 0 saturated carbocycles. The zero-order valence-corrected chi connectivity index (χ0v) is 5.89. The molecule has 0 aliphatic carbocycles. The van der Waals surface area contributed by atoms with Crippen LogP contribution >= 0.6 is 0 Å². The van der Waals surface area contributed by atoms with Gasteiger partial charge >= 0.3 is 43.0 Å². The number of hydrogen-bond donors (Lipinski definition) is 0. The molecule has 0 bridgehead atoms. The summed E-state index contributed by atoms with van der Waals surface area (Å²) in [5.74, 6) is 0. The molecule has 0 aliphatic rings. The number of allylic oxidation sites excluding steroid dienone is 1. The predicted molar refractivity (Wildman–Crippen MR) is 26.4 cm³/mol. The van der Waals surface area contributed by atoms with Crippen LogP contribution < -0.4 is 0 Å². The molecule has 0 amide bonds. The third-order valence-electron chi connectivity index (χ3n) is 0.272. The first-order chi connectivity index (χ1) is 2.41. The third kappa shape index (κ3) is 4.53. The van der Waals surface area contributed by atoms with Gasteiger partial charge in [0.15, 0.2) is 0 Å². The van der Waals surface area contributed by atoms with Crippen LogP contribution in [0.1, 0.15) is 6.92 Å². The van der Waals surface area contributed by atoms with Crippen LogP contribution in [0.25, 0.3) is 0 Å². The summed E-state index contributed by atoms with van der Waals surface area (Å²) in [6.45, 7) is 2.06. The van der Waals surface area contributed by atoms with Crippen molar-refractivity contribution in [2.75, 3.05) is 0 Å². The van der Waals surface area contributed by atoms with Crippen LogP contribution in [-0.4, -0.2) is 20.9 Å². The van der Waals surface area contributed by atoms with Crippen molar-refractivity contribution in [1.82, 2.24) is 0 Å². The van der Waals surface area contributed by atoms with E-state index < -0.39 is 0 Å². The van der Waals surface area contributed by atoms with Crippen molar-refractivity contribution in [3.8, 4) is 0 Å². The van der Waals surface area contributed by atoms with Gasteiger partial charge in [0.2, 0.25) is 0 Å². The average Bonchev–Trinajstić information content (AvgIpc) is 1.41. The van der Waals surface area contributed by atoms with Crippen LogP contribution in [-0.2, 0) is 0 Å². The molecule has 0 unspecified atom stereocenters. The van der Waals surface area contributed by atoms with Gasteiger partial charge in [-0.05, 0) is 0 Å². The summed E-state index contributed by atoms with van der Waals surface area (Å²) in [6.07, 6.45) is 2.11. The number of rotatable bonds is 1. The second kappa shape index (κ2) is 4.53. The van der Waals surface area contributed by atoms with Crippen LogP contribution in [0.2, 0.25) is 4.97 Å². The molecule has 0 saturated heterocycles. The molecule has 0 atom stereocenters. The third-order valence-corrected chi connectivity index (χ3v) is 1.83. The van der Waals surface area contributed by atoms with E-state index in [0.717, 1.165) is 0 Å². The van der Waals surface area contributed by atoms with Crippen LogP contribution in [0.3, 0.4) is 0 Å². The molecule has 0 nitrogen and oxygen atoms in total. The topological polar surface area (TPSA) is 0 Å². The van der Waals surface area contributed by atoms with Crippen molar-refractivity contribution in [3.05, 3.63) is 10.2 Å². The van der Waals surface area contributed by atoms with E-state index >= 15 is 0 Å². The van der Waals surface area contributed by atoms with Gasteiger partial charge in [0.1, 0.15) is 0 Å². The second-order valence-corrected chi connectivity index (χ2v) is 2.83. The van der Waals surface area contributed by atoms with Crippen molar-refractivity contribution >= 4 is 20.9 Å². The van der Waals surface area contributed by atoms with E-state index in [2.05, 4.69) is 22.1 Å². The fraction of sp³-hybridized carbons (Fsp3) is 0.500. The monoisotopic (exact) mass is 186 g/mol. The summed E-state index contributed by atoms with van der Waals surface area (Å²) in [5.41, 5.74) is 0. The Morgan fingerprint density at radius 3 is 2.20 bits per heavy atom. The Labute approximate surface area is 43.3 Å². The first kappa shape index (κ1) is 5.53. The van der Waals surface area contributed by atoms with Crippen molar-refractivity contribution in [2.45, 2.75) is 11.9 Å². The van der Waals surface area contributed by atoms with E-state index in [0.29, 0.717) is 20.9 Å². The molecule has 0 radical (unpaired) electrons. The van der Waals surface area contributed by atoms with Gasteiger partial charge in [0.05, 0.1) is 0 Å². The van der Waals surface area contributed by atoms with Gasteiger partial charge in [0, 0.05) is 0 Å². The van der Waals surface area contributed by atoms with Crippen LogP contribution in [0, 0.1) is 0 Å². The van der Waals surface area contributed by atoms with Crippen molar-refractivity contribution in [2.24, 2.45) is 0 Å². The van der Waals surface area contributed by atoms with Crippen LogP contribution in [0.4, 0.5) is 0 Å².